The highest BCUT2D eigenvalue weighted by Crippen LogP contribution is 2.20. The molecule has 1 aromatic carbocycles. The van der Waals surface area contributed by atoms with Gasteiger partial charge in [0.2, 0.25) is 11.2 Å². The Labute approximate surface area is 121 Å². The largest absolute Gasteiger partial charge is 0.461 e. The molecule has 5 nitrogen and oxygen atoms in total. The maximum Gasteiger partial charge on any atom is 0.322 e. The predicted molar refractivity (Wildman–Crippen MR) is 75.3 cm³/mol. The number of benzene rings is 1. The van der Waals surface area contributed by atoms with Crippen LogP contribution in [0, 0.1) is 0 Å². The van der Waals surface area contributed by atoms with Crippen molar-refractivity contribution in [2.45, 2.75) is 20.0 Å². The Morgan fingerprint density at radius 3 is 2.63 bits per heavy atom. The van der Waals surface area contributed by atoms with Crippen molar-refractivity contribution in [2.24, 2.45) is 0 Å². The summed E-state index contributed by atoms with van der Waals surface area (Å²) < 4.78 is 5.38. The van der Waals surface area contributed by atoms with E-state index in [0.29, 0.717) is 11.0 Å². The molecule has 100 valence electrons. The number of nitrogens with zero attached hydrogens (tertiary/aromatic N) is 3. The molecule has 0 amide bonds. The first-order valence-corrected chi connectivity index (χ1v) is 6.39. The minimum absolute atomic E-state index is 0.0440. The second-order valence-corrected chi connectivity index (χ2v) is 4.79. The lowest BCUT2D eigenvalue weighted by Gasteiger charge is -2.09. The minimum Gasteiger partial charge on any atom is -0.461 e. The summed E-state index contributed by atoms with van der Waals surface area (Å²) in [5, 5.41) is 3.67. The highest BCUT2D eigenvalue weighted by atomic mass is 35.5. The van der Waals surface area contributed by atoms with Gasteiger partial charge in [-0.05, 0) is 43.6 Å². The Hall–Kier alpha value is -1.59. The summed E-state index contributed by atoms with van der Waals surface area (Å²) in [6.07, 6.45) is -0.0440. The van der Waals surface area contributed by atoms with Crippen LogP contribution < -0.4 is 10.1 Å². The van der Waals surface area contributed by atoms with E-state index in [0.717, 1.165) is 5.69 Å². The molecule has 1 aromatic heterocycles. The molecule has 0 saturated carbocycles. The van der Waals surface area contributed by atoms with Crippen molar-refractivity contribution in [1.29, 1.82) is 0 Å². The molecule has 0 bridgehead atoms. The molecule has 0 aliphatic rings. The summed E-state index contributed by atoms with van der Waals surface area (Å²) >= 11 is 11.7. The zero-order valence-electron chi connectivity index (χ0n) is 10.4. The smallest absolute Gasteiger partial charge is 0.322 e. The van der Waals surface area contributed by atoms with E-state index in [-0.39, 0.29) is 17.4 Å². The van der Waals surface area contributed by atoms with E-state index in [9.17, 15) is 0 Å². The Morgan fingerprint density at radius 1 is 1.16 bits per heavy atom. The SMILES string of the molecule is CC(C)Oc1nc(Cl)nc(Nc2cccc(Cl)c2)n1. The van der Waals surface area contributed by atoms with Gasteiger partial charge in [0, 0.05) is 10.7 Å². The van der Waals surface area contributed by atoms with Crippen LogP contribution in [0.25, 0.3) is 0 Å². The maximum absolute atomic E-state index is 5.90. The van der Waals surface area contributed by atoms with E-state index < -0.39 is 0 Å². The van der Waals surface area contributed by atoms with Crippen molar-refractivity contribution in [2.75, 3.05) is 5.32 Å². The van der Waals surface area contributed by atoms with Crippen molar-refractivity contribution in [3.63, 3.8) is 0 Å². The van der Waals surface area contributed by atoms with E-state index in [4.69, 9.17) is 27.9 Å². The molecule has 0 radical (unpaired) electrons. The Bertz CT molecular complexity index is 577. The summed E-state index contributed by atoms with van der Waals surface area (Å²) in [4.78, 5) is 12.0. The monoisotopic (exact) mass is 298 g/mol. The van der Waals surface area contributed by atoms with Gasteiger partial charge in [0.1, 0.15) is 0 Å². The Balaban J connectivity index is 2.22. The third-order valence-corrected chi connectivity index (χ3v) is 2.41. The number of halogens is 2. The second kappa shape index (κ2) is 6.04. The lowest BCUT2D eigenvalue weighted by Crippen LogP contribution is -2.10. The fourth-order valence-electron chi connectivity index (χ4n) is 1.35. The molecule has 2 rings (SSSR count). The first-order valence-electron chi connectivity index (χ1n) is 5.64. The van der Waals surface area contributed by atoms with Gasteiger partial charge in [-0.3, -0.25) is 0 Å². The molecule has 1 heterocycles. The lowest BCUT2D eigenvalue weighted by atomic mass is 10.3. The zero-order valence-corrected chi connectivity index (χ0v) is 11.9. The van der Waals surface area contributed by atoms with Gasteiger partial charge in [-0.15, -0.1) is 0 Å². The summed E-state index contributed by atoms with van der Waals surface area (Å²) in [6, 6.07) is 7.37. The number of rotatable bonds is 4. The number of aromatic nitrogens is 3. The maximum atomic E-state index is 5.90. The summed E-state index contributed by atoms with van der Waals surface area (Å²) in [5.41, 5.74) is 0.755. The summed E-state index contributed by atoms with van der Waals surface area (Å²) in [7, 11) is 0. The van der Waals surface area contributed by atoms with E-state index >= 15 is 0 Å². The molecule has 0 saturated heterocycles. The van der Waals surface area contributed by atoms with Gasteiger partial charge in [0.05, 0.1) is 6.10 Å². The van der Waals surface area contributed by atoms with Gasteiger partial charge in [0.15, 0.2) is 0 Å². The molecule has 2 aromatic rings. The number of anilines is 2. The number of hydrogen-bond donors (Lipinski definition) is 1. The number of hydrogen-bond acceptors (Lipinski definition) is 5. The number of nitrogens with one attached hydrogen (secondary N) is 1. The van der Waals surface area contributed by atoms with E-state index in [1.165, 1.54) is 0 Å². The lowest BCUT2D eigenvalue weighted by molar-refractivity contribution is 0.222. The van der Waals surface area contributed by atoms with Crippen molar-refractivity contribution in [3.8, 4) is 6.01 Å². The van der Waals surface area contributed by atoms with Crippen LogP contribution in [0.1, 0.15) is 13.8 Å². The molecular formula is C12H12Cl2N4O. The Morgan fingerprint density at radius 2 is 1.95 bits per heavy atom. The normalized spacial score (nSPS) is 10.6. The molecule has 0 spiro atoms. The van der Waals surface area contributed by atoms with Crippen LogP contribution in [-0.2, 0) is 0 Å². The average molecular weight is 299 g/mol. The minimum atomic E-state index is -0.0440. The predicted octanol–water partition coefficient (Wildman–Crippen LogP) is 3.71. The van der Waals surface area contributed by atoms with E-state index in [1.54, 1.807) is 12.1 Å². The van der Waals surface area contributed by atoms with Gasteiger partial charge in [0.25, 0.3) is 0 Å². The van der Waals surface area contributed by atoms with Crippen LogP contribution in [0.15, 0.2) is 24.3 Å². The molecular weight excluding hydrogens is 287 g/mol. The quantitative estimate of drug-likeness (QED) is 0.932. The highest BCUT2D eigenvalue weighted by molar-refractivity contribution is 6.30. The van der Waals surface area contributed by atoms with Crippen LogP contribution in [0.5, 0.6) is 6.01 Å². The third-order valence-electron chi connectivity index (χ3n) is 2.01. The van der Waals surface area contributed by atoms with Gasteiger partial charge in [-0.25, -0.2) is 0 Å². The van der Waals surface area contributed by atoms with Crippen LogP contribution in [0.4, 0.5) is 11.6 Å². The van der Waals surface area contributed by atoms with Gasteiger partial charge < -0.3 is 10.1 Å². The first kappa shape index (κ1) is 13.8. The first-order chi connectivity index (χ1) is 9.02. The van der Waals surface area contributed by atoms with Crippen LogP contribution in [-0.4, -0.2) is 21.1 Å². The molecule has 19 heavy (non-hydrogen) atoms. The van der Waals surface area contributed by atoms with Gasteiger partial charge in [-0.1, -0.05) is 17.7 Å². The molecule has 0 unspecified atom stereocenters. The van der Waals surface area contributed by atoms with Crippen molar-refractivity contribution >= 4 is 34.8 Å². The zero-order chi connectivity index (χ0) is 13.8. The van der Waals surface area contributed by atoms with Crippen molar-refractivity contribution in [3.05, 3.63) is 34.6 Å². The molecule has 1 N–H and O–H groups in total. The second-order valence-electron chi connectivity index (χ2n) is 4.01. The topological polar surface area (TPSA) is 59.9 Å². The van der Waals surface area contributed by atoms with Crippen molar-refractivity contribution in [1.82, 2.24) is 15.0 Å². The summed E-state index contributed by atoms with van der Waals surface area (Å²) in [5.74, 6) is 0.304. The fourth-order valence-corrected chi connectivity index (χ4v) is 1.69. The van der Waals surface area contributed by atoms with E-state index in [1.807, 2.05) is 26.0 Å². The molecule has 0 atom stereocenters. The Kier molecular flexibility index (Phi) is 4.39. The molecule has 0 aliphatic heterocycles. The average Bonchev–Trinajstić information content (AvgIpc) is 2.26. The summed E-state index contributed by atoms with van der Waals surface area (Å²) in [6.45, 7) is 3.75. The number of ether oxygens (including phenoxy) is 1. The van der Waals surface area contributed by atoms with Gasteiger partial charge in [-0.2, -0.15) is 15.0 Å². The van der Waals surface area contributed by atoms with Crippen LogP contribution in [0.3, 0.4) is 0 Å². The third kappa shape index (κ3) is 4.22. The molecule has 0 fully saturated rings. The fraction of sp³-hybridized carbons (Fsp3) is 0.250. The highest BCUT2D eigenvalue weighted by Gasteiger charge is 2.08. The van der Waals surface area contributed by atoms with Gasteiger partial charge >= 0.3 is 6.01 Å². The van der Waals surface area contributed by atoms with Crippen LogP contribution >= 0.6 is 23.2 Å². The molecule has 7 heteroatoms. The molecule has 0 aliphatic carbocycles. The van der Waals surface area contributed by atoms with Crippen molar-refractivity contribution < 1.29 is 4.74 Å². The van der Waals surface area contributed by atoms with Crippen LogP contribution in [0.2, 0.25) is 10.3 Å². The standard InChI is InChI=1S/C12H12Cl2N4O/c1-7(2)19-12-17-10(14)16-11(18-12)15-9-5-3-4-8(13)6-9/h3-7H,1-2H3,(H,15,16,17,18). The van der Waals surface area contributed by atoms with E-state index in [2.05, 4.69) is 20.3 Å².